The highest BCUT2D eigenvalue weighted by molar-refractivity contribution is 5.90. The average Bonchev–Trinajstić information content (AvgIpc) is 2.87. The van der Waals surface area contributed by atoms with Crippen molar-refractivity contribution in [3.8, 4) is 17.6 Å². The van der Waals surface area contributed by atoms with Gasteiger partial charge in [-0.3, -0.25) is 0 Å². The predicted molar refractivity (Wildman–Crippen MR) is 129 cm³/mol. The van der Waals surface area contributed by atoms with Crippen molar-refractivity contribution in [2.45, 2.75) is 32.3 Å². The van der Waals surface area contributed by atoms with Gasteiger partial charge in [0.15, 0.2) is 11.4 Å². The van der Waals surface area contributed by atoms with Crippen molar-refractivity contribution in [3.63, 3.8) is 0 Å². The van der Waals surface area contributed by atoms with E-state index in [1.807, 2.05) is 30.3 Å². The van der Waals surface area contributed by atoms with Gasteiger partial charge in [-0.25, -0.2) is 9.78 Å². The van der Waals surface area contributed by atoms with Gasteiger partial charge in [-0.15, -0.1) is 0 Å². The van der Waals surface area contributed by atoms with Crippen LogP contribution in [0.3, 0.4) is 0 Å². The SMILES string of the molecule is COC(=O)c1nc(C#CCCCN2CCCc3ccccc32)ccc1OCc1ccccc1. The maximum absolute atomic E-state index is 12.2. The molecule has 0 spiro atoms. The van der Waals surface area contributed by atoms with Crippen LogP contribution in [0.15, 0.2) is 66.7 Å². The summed E-state index contributed by atoms with van der Waals surface area (Å²) in [4.78, 5) is 19.1. The van der Waals surface area contributed by atoms with Gasteiger partial charge in [-0.1, -0.05) is 54.5 Å². The molecule has 5 heteroatoms. The Hall–Kier alpha value is -3.78. The number of unbranched alkanes of at least 4 members (excludes halogenated alkanes) is 1. The molecule has 0 aliphatic carbocycles. The Morgan fingerprint density at radius 1 is 1.06 bits per heavy atom. The smallest absolute Gasteiger partial charge is 0.360 e. The van der Waals surface area contributed by atoms with E-state index >= 15 is 0 Å². The van der Waals surface area contributed by atoms with Crippen LogP contribution in [-0.4, -0.2) is 31.2 Å². The Bertz CT molecular complexity index is 1150. The van der Waals surface area contributed by atoms with Crippen molar-refractivity contribution in [2.75, 3.05) is 25.1 Å². The first kappa shape index (κ1) is 22.4. The van der Waals surface area contributed by atoms with Crippen LogP contribution in [0.25, 0.3) is 0 Å². The monoisotopic (exact) mass is 440 g/mol. The fourth-order valence-electron chi connectivity index (χ4n) is 3.97. The molecule has 0 atom stereocenters. The van der Waals surface area contributed by atoms with Crippen molar-refractivity contribution < 1.29 is 14.3 Å². The van der Waals surface area contributed by atoms with Crippen LogP contribution in [0.4, 0.5) is 5.69 Å². The van der Waals surface area contributed by atoms with Crippen molar-refractivity contribution in [1.82, 2.24) is 4.98 Å². The quantitative estimate of drug-likeness (QED) is 0.293. The van der Waals surface area contributed by atoms with E-state index in [-0.39, 0.29) is 5.69 Å². The first-order valence-electron chi connectivity index (χ1n) is 11.3. The lowest BCUT2D eigenvalue weighted by Gasteiger charge is -2.31. The number of esters is 1. The number of carbonyl (C=O) groups is 1. The zero-order valence-corrected chi connectivity index (χ0v) is 18.9. The molecule has 0 fully saturated rings. The van der Waals surface area contributed by atoms with Gasteiger partial charge in [0, 0.05) is 25.2 Å². The molecule has 2 aromatic carbocycles. The molecule has 0 saturated carbocycles. The zero-order chi connectivity index (χ0) is 22.9. The Morgan fingerprint density at radius 2 is 1.88 bits per heavy atom. The van der Waals surface area contributed by atoms with Crippen LogP contribution < -0.4 is 9.64 Å². The van der Waals surface area contributed by atoms with E-state index in [2.05, 4.69) is 46.0 Å². The van der Waals surface area contributed by atoms with Crippen molar-refractivity contribution in [3.05, 3.63) is 89.2 Å². The average molecular weight is 441 g/mol. The van der Waals surface area contributed by atoms with E-state index in [4.69, 9.17) is 9.47 Å². The molecule has 3 aromatic rings. The van der Waals surface area contributed by atoms with E-state index in [0.29, 0.717) is 18.1 Å². The predicted octanol–water partition coefficient (Wildman–Crippen LogP) is 5.03. The highest BCUT2D eigenvalue weighted by atomic mass is 16.5. The largest absolute Gasteiger partial charge is 0.486 e. The number of hydrogen-bond donors (Lipinski definition) is 0. The highest BCUT2D eigenvalue weighted by Crippen LogP contribution is 2.26. The Balaban J connectivity index is 1.36. The van der Waals surface area contributed by atoms with Gasteiger partial charge < -0.3 is 14.4 Å². The second-order valence-corrected chi connectivity index (χ2v) is 7.93. The third kappa shape index (κ3) is 5.93. The molecule has 1 aliphatic rings. The molecule has 1 aliphatic heterocycles. The molecule has 0 radical (unpaired) electrons. The number of para-hydroxylation sites is 1. The molecule has 1 aromatic heterocycles. The summed E-state index contributed by atoms with van der Waals surface area (Å²) < 4.78 is 10.7. The van der Waals surface area contributed by atoms with Gasteiger partial charge >= 0.3 is 5.97 Å². The number of fused-ring (bicyclic) bond motifs is 1. The molecular weight excluding hydrogens is 412 g/mol. The lowest BCUT2D eigenvalue weighted by molar-refractivity contribution is 0.0588. The molecule has 5 nitrogen and oxygen atoms in total. The lowest BCUT2D eigenvalue weighted by atomic mass is 10.0. The number of aromatic nitrogens is 1. The summed E-state index contributed by atoms with van der Waals surface area (Å²) in [7, 11) is 1.34. The van der Waals surface area contributed by atoms with Gasteiger partial charge in [-0.05, 0) is 54.5 Å². The fourth-order valence-corrected chi connectivity index (χ4v) is 3.97. The molecule has 0 bridgehead atoms. The maximum Gasteiger partial charge on any atom is 0.360 e. The van der Waals surface area contributed by atoms with Crippen molar-refractivity contribution in [2.24, 2.45) is 0 Å². The number of ether oxygens (including phenoxy) is 2. The van der Waals surface area contributed by atoms with Crippen LogP contribution in [0.2, 0.25) is 0 Å². The summed E-state index contributed by atoms with van der Waals surface area (Å²) >= 11 is 0. The molecule has 0 N–H and O–H groups in total. The number of nitrogens with zero attached hydrogens (tertiary/aromatic N) is 2. The van der Waals surface area contributed by atoms with E-state index in [1.165, 1.54) is 24.8 Å². The second kappa shape index (κ2) is 11.2. The summed E-state index contributed by atoms with van der Waals surface area (Å²) in [5.74, 6) is 6.13. The first-order chi connectivity index (χ1) is 16.2. The summed E-state index contributed by atoms with van der Waals surface area (Å²) in [5, 5.41) is 0. The van der Waals surface area contributed by atoms with Crippen molar-refractivity contribution in [1.29, 1.82) is 0 Å². The summed E-state index contributed by atoms with van der Waals surface area (Å²) in [5.41, 5.74) is 4.47. The number of benzene rings is 2. The molecule has 168 valence electrons. The van der Waals surface area contributed by atoms with E-state index < -0.39 is 5.97 Å². The number of aryl methyl sites for hydroxylation is 1. The van der Waals surface area contributed by atoms with Gasteiger partial charge in [-0.2, -0.15) is 0 Å². The van der Waals surface area contributed by atoms with E-state index in [9.17, 15) is 4.79 Å². The number of hydrogen-bond acceptors (Lipinski definition) is 5. The topological polar surface area (TPSA) is 51.7 Å². The van der Waals surface area contributed by atoms with E-state index in [1.54, 1.807) is 12.1 Å². The van der Waals surface area contributed by atoms with Gasteiger partial charge in [0.1, 0.15) is 12.3 Å². The highest BCUT2D eigenvalue weighted by Gasteiger charge is 2.17. The normalized spacial score (nSPS) is 12.3. The summed E-state index contributed by atoms with van der Waals surface area (Å²) in [6.45, 7) is 2.43. The number of rotatable bonds is 7. The summed E-state index contributed by atoms with van der Waals surface area (Å²) in [6, 6.07) is 21.9. The van der Waals surface area contributed by atoms with Crippen LogP contribution in [-0.2, 0) is 17.8 Å². The molecule has 0 unspecified atom stereocenters. The van der Waals surface area contributed by atoms with Gasteiger partial charge in [0.05, 0.1) is 7.11 Å². The van der Waals surface area contributed by atoms with Crippen LogP contribution >= 0.6 is 0 Å². The van der Waals surface area contributed by atoms with Gasteiger partial charge in [0.25, 0.3) is 0 Å². The van der Waals surface area contributed by atoms with E-state index in [0.717, 1.165) is 37.9 Å². The minimum Gasteiger partial charge on any atom is -0.486 e. The van der Waals surface area contributed by atoms with Crippen LogP contribution in [0.5, 0.6) is 5.75 Å². The second-order valence-electron chi connectivity index (χ2n) is 7.93. The number of carbonyl (C=O) groups excluding carboxylic acids is 1. The molecule has 0 amide bonds. The van der Waals surface area contributed by atoms with Crippen molar-refractivity contribution >= 4 is 11.7 Å². The molecule has 0 saturated heterocycles. The first-order valence-corrected chi connectivity index (χ1v) is 11.3. The third-order valence-corrected chi connectivity index (χ3v) is 5.63. The minimum atomic E-state index is -0.537. The number of anilines is 1. The molecule has 33 heavy (non-hydrogen) atoms. The Morgan fingerprint density at radius 3 is 2.73 bits per heavy atom. The number of pyridine rings is 1. The molecule has 2 heterocycles. The van der Waals surface area contributed by atoms with Gasteiger partial charge in [0.2, 0.25) is 0 Å². The minimum absolute atomic E-state index is 0.144. The molecule has 4 rings (SSSR count). The third-order valence-electron chi connectivity index (χ3n) is 5.63. The maximum atomic E-state index is 12.2. The van der Waals surface area contributed by atoms with Crippen LogP contribution in [0, 0.1) is 11.8 Å². The summed E-state index contributed by atoms with van der Waals surface area (Å²) in [6.07, 6.45) is 4.09. The van der Waals surface area contributed by atoms with Crippen LogP contribution in [0.1, 0.15) is 46.6 Å². The Labute approximate surface area is 195 Å². The fraction of sp³-hybridized carbons (Fsp3) is 0.286. The standard InChI is InChI=1S/C28H28N2O3/c1-32-28(31)27-26(33-21-22-11-4-2-5-12-22)18-17-24(29-27)15-6-3-9-19-30-20-10-14-23-13-7-8-16-25(23)30/h2,4-5,7-8,11-13,16-18H,3,9-10,14,19-21H2,1H3. The zero-order valence-electron chi connectivity index (χ0n) is 18.9. The molecular formula is C28H28N2O3. The number of methoxy groups -OCH3 is 1. The lowest BCUT2D eigenvalue weighted by Crippen LogP contribution is -2.30. The Kier molecular flexibility index (Phi) is 7.60.